The second-order valence-electron chi connectivity index (χ2n) is 5.26. The van der Waals surface area contributed by atoms with Crippen molar-refractivity contribution >= 4 is 5.91 Å². The van der Waals surface area contributed by atoms with Crippen molar-refractivity contribution in [1.29, 1.82) is 0 Å². The minimum atomic E-state index is -0.0263. The lowest BCUT2D eigenvalue weighted by atomic mass is 9.95. The number of aryl methyl sites for hydroxylation is 1. The maximum absolute atomic E-state index is 12.5. The Balaban J connectivity index is 1.84. The monoisotopic (exact) mass is 289 g/mol. The first-order chi connectivity index (χ1) is 10.2. The molecule has 0 N–H and O–H groups in total. The molecule has 1 amide bonds. The summed E-state index contributed by atoms with van der Waals surface area (Å²) in [5.41, 5.74) is 2.71. The quantitative estimate of drug-likeness (QED) is 0.861. The van der Waals surface area contributed by atoms with Crippen LogP contribution in [0.25, 0.3) is 0 Å². The molecule has 0 aliphatic carbocycles. The highest BCUT2D eigenvalue weighted by Gasteiger charge is 2.31. The number of hydrogen-bond acceptors (Lipinski definition) is 4. The number of nitrogens with zero attached hydrogens (tertiary/aromatic N) is 3. The Morgan fingerprint density at radius 2 is 2.43 bits per heavy atom. The SMILES string of the molecule is CCOC[C@H]1CN(C(=O)c2ccoc2)Cc2nn(C)cc21. The van der Waals surface area contributed by atoms with Crippen molar-refractivity contribution in [3.8, 4) is 0 Å². The molecule has 3 heterocycles. The lowest BCUT2D eigenvalue weighted by Gasteiger charge is -2.31. The molecule has 0 spiro atoms. The standard InChI is InChI=1S/C15H19N3O3/c1-3-20-10-12-6-18(15(19)11-4-5-21-9-11)8-14-13(12)7-17(2)16-14/h4-5,7,9,12H,3,6,8,10H2,1-2H3/t12-/m1/s1. The van der Waals surface area contributed by atoms with Gasteiger partial charge in [0.25, 0.3) is 5.91 Å². The Labute approximate surface area is 123 Å². The summed E-state index contributed by atoms with van der Waals surface area (Å²) >= 11 is 0. The van der Waals surface area contributed by atoms with Gasteiger partial charge in [-0.1, -0.05) is 0 Å². The van der Waals surface area contributed by atoms with E-state index in [4.69, 9.17) is 9.15 Å². The first kappa shape index (κ1) is 13.9. The van der Waals surface area contributed by atoms with Crippen LogP contribution in [0.5, 0.6) is 0 Å². The Morgan fingerprint density at radius 3 is 3.14 bits per heavy atom. The summed E-state index contributed by atoms with van der Waals surface area (Å²) in [6.45, 7) is 4.42. The molecule has 0 aromatic carbocycles. The molecule has 0 unspecified atom stereocenters. The summed E-state index contributed by atoms with van der Waals surface area (Å²) in [7, 11) is 1.90. The largest absolute Gasteiger partial charge is 0.472 e. The number of carbonyl (C=O) groups is 1. The highest BCUT2D eigenvalue weighted by atomic mass is 16.5. The zero-order chi connectivity index (χ0) is 14.8. The second-order valence-corrected chi connectivity index (χ2v) is 5.26. The fraction of sp³-hybridized carbons (Fsp3) is 0.467. The van der Waals surface area contributed by atoms with Gasteiger partial charge >= 0.3 is 0 Å². The second kappa shape index (κ2) is 5.73. The zero-order valence-corrected chi connectivity index (χ0v) is 12.3. The van der Waals surface area contributed by atoms with Gasteiger partial charge in [0.05, 0.1) is 30.7 Å². The highest BCUT2D eigenvalue weighted by molar-refractivity contribution is 5.94. The van der Waals surface area contributed by atoms with Crippen LogP contribution in [0.15, 0.2) is 29.2 Å². The molecule has 0 radical (unpaired) electrons. The van der Waals surface area contributed by atoms with Crippen LogP contribution in [0.1, 0.15) is 34.5 Å². The van der Waals surface area contributed by atoms with Gasteiger partial charge in [-0.05, 0) is 13.0 Å². The van der Waals surface area contributed by atoms with Crippen LogP contribution in [0, 0.1) is 0 Å². The molecule has 21 heavy (non-hydrogen) atoms. The van der Waals surface area contributed by atoms with Gasteiger partial charge in [0, 0.05) is 37.9 Å². The molecule has 1 aliphatic rings. The average molecular weight is 289 g/mol. The van der Waals surface area contributed by atoms with Crippen molar-refractivity contribution in [3.63, 3.8) is 0 Å². The molecule has 6 heteroatoms. The first-order valence-corrected chi connectivity index (χ1v) is 7.10. The molecule has 6 nitrogen and oxygen atoms in total. The van der Waals surface area contributed by atoms with E-state index in [1.54, 1.807) is 10.7 Å². The topological polar surface area (TPSA) is 60.5 Å². The van der Waals surface area contributed by atoms with Gasteiger partial charge in [-0.25, -0.2) is 0 Å². The zero-order valence-electron chi connectivity index (χ0n) is 12.3. The van der Waals surface area contributed by atoms with Gasteiger partial charge < -0.3 is 14.1 Å². The number of hydrogen-bond donors (Lipinski definition) is 0. The average Bonchev–Trinajstić information content (AvgIpc) is 3.11. The van der Waals surface area contributed by atoms with Gasteiger partial charge in [0.15, 0.2) is 0 Å². The van der Waals surface area contributed by atoms with Crippen LogP contribution in [-0.2, 0) is 18.3 Å². The molecule has 0 bridgehead atoms. The van der Waals surface area contributed by atoms with Crippen molar-refractivity contribution in [2.24, 2.45) is 7.05 Å². The minimum Gasteiger partial charge on any atom is -0.472 e. The molecule has 2 aromatic heterocycles. The van der Waals surface area contributed by atoms with Crippen LogP contribution in [0.3, 0.4) is 0 Å². The van der Waals surface area contributed by atoms with E-state index in [-0.39, 0.29) is 11.8 Å². The van der Waals surface area contributed by atoms with E-state index in [0.29, 0.717) is 31.9 Å². The molecule has 112 valence electrons. The number of aromatic nitrogens is 2. The van der Waals surface area contributed by atoms with Crippen LogP contribution in [-0.4, -0.2) is 40.3 Å². The number of carbonyl (C=O) groups excluding carboxylic acids is 1. The predicted molar refractivity (Wildman–Crippen MR) is 75.9 cm³/mol. The van der Waals surface area contributed by atoms with E-state index < -0.39 is 0 Å². The molecule has 2 aromatic rings. The number of ether oxygens (including phenoxy) is 1. The molecule has 3 rings (SSSR count). The van der Waals surface area contributed by atoms with Crippen molar-refractivity contribution < 1.29 is 13.9 Å². The Bertz CT molecular complexity index is 618. The van der Waals surface area contributed by atoms with Crippen LogP contribution >= 0.6 is 0 Å². The summed E-state index contributed by atoms with van der Waals surface area (Å²) in [5.74, 6) is 0.139. The van der Waals surface area contributed by atoms with Gasteiger partial charge in [0.1, 0.15) is 6.26 Å². The van der Waals surface area contributed by atoms with Gasteiger partial charge in [-0.15, -0.1) is 0 Å². The fourth-order valence-electron chi connectivity index (χ4n) is 2.75. The van der Waals surface area contributed by atoms with E-state index >= 15 is 0 Å². The number of rotatable bonds is 4. The third-order valence-electron chi connectivity index (χ3n) is 3.74. The molecule has 0 saturated carbocycles. The number of fused-ring (bicyclic) bond motifs is 1. The highest BCUT2D eigenvalue weighted by Crippen LogP contribution is 2.28. The molecular weight excluding hydrogens is 270 g/mol. The lowest BCUT2D eigenvalue weighted by Crippen LogP contribution is -2.39. The van der Waals surface area contributed by atoms with E-state index in [1.165, 1.54) is 18.1 Å². The van der Waals surface area contributed by atoms with E-state index in [9.17, 15) is 4.79 Å². The summed E-state index contributed by atoms with van der Waals surface area (Å²) in [4.78, 5) is 14.3. The summed E-state index contributed by atoms with van der Waals surface area (Å²) < 4.78 is 12.4. The summed E-state index contributed by atoms with van der Waals surface area (Å²) in [5, 5.41) is 4.47. The first-order valence-electron chi connectivity index (χ1n) is 7.10. The molecular formula is C15H19N3O3. The number of amides is 1. The minimum absolute atomic E-state index is 0.0263. The summed E-state index contributed by atoms with van der Waals surface area (Å²) in [6, 6.07) is 1.69. The smallest absolute Gasteiger partial charge is 0.257 e. The van der Waals surface area contributed by atoms with Crippen molar-refractivity contribution in [2.75, 3.05) is 19.8 Å². The normalized spacial score (nSPS) is 17.8. The van der Waals surface area contributed by atoms with E-state index in [0.717, 1.165) is 5.69 Å². The van der Waals surface area contributed by atoms with Gasteiger partial charge in [0.2, 0.25) is 0 Å². The maximum Gasteiger partial charge on any atom is 0.257 e. The van der Waals surface area contributed by atoms with Crippen molar-refractivity contribution in [2.45, 2.75) is 19.4 Å². The molecule has 1 atom stereocenters. The number of furan rings is 1. The predicted octanol–water partition coefficient (Wildman–Crippen LogP) is 1.79. The Kier molecular flexibility index (Phi) is 3.79. The molecule has 1 aliphatic heterocycles. The fourth-order valence-corrected chi connectivity index (χ4v) is 2.75. The van der Waals surface area contributed by atoms with Crippen molar-refractivity contribution in [1.82, 2.24) is 14.7 Å². The maximum atomic E-state index is 12.5. The van der Waals surface area contributed by atoms with E-state index in [2.05, 4.69) is 5.10 Å². The molecule has 0 fully saturated rings. The Morgan fingerprint density at radius 1 is 1.57 bits per heavy atom. The summed E-state index contributed by atoms with van der Waals surface area (Å²) in [6.07, 6.45) is 5.02. The Hall–Kier alpha value is -2.08. The lowest BCUT2D eigenvalue weighted by molar-refractivity contribution is 0.0651. The third-order valence-corrected chi connectivity index (χ3v) is 3.74. The van der Waals surface area contributed by atoms with Crippen LogP contribution < -0.4 is 0 Å². The van der Waals surface area contributed by atoms with Crippen LogP contribution in [0.4, 0.5) is 0 Å². The van der Waals surface area contributed by atoms with E-state index in [1.807, 2.05) is 25.1 Å². The third kappa shape index (κ3) is 2.71. The van der Waals surface area contributed by atoms with Crippen LogP contribution in [0.2, 0.25) is 0 Å². The van der Waals surface area contributed by atoms with Gasteiger partial charge in [-0.3, -0.25) is 9.48 Å². The van der Waals surface area contributed by atoms with Gasteiger partial charge in [-0.2, -0.15) is 5.10 Å². The molecule has 0 saturated heterocycles. The van der Waals surface area contributed by atoms with Crippen molar-refractivity contribution in [3.05, 3.63) is 41.6 Å².